The minimum atomic E-state index is -0.602. The summed E-state index contributed by atoms with van der Waals surface area (Å²) in [6.45, 7) is 4.23. The normalized spacial score (nSPS) is 16.5. The molecule has 2 aromatic rings. The van der Waals surface area contributed by atoms with Crippen molar-refractivity contribution in [2.24, 2.45) is 0 Å². The third-order valence-electron chi connectivity index (χ3n) is 4.85. The van der Waals surface area contributed by atoms with Crippen molar-refractivity contribution in [3.05, 3.63) is 58.8 Å². The van der Waals surface area contributed by atoms with Crippen LogP contribution in [0, 0.1) is 19.7 Å². The highest BCUT2D eigenvalue weighted by Crippen LogP contribution is 2.41. The summed E-state index contributed by atoms with van der Waals surface area (Å²) >= 11 is 0. The van der Waals surface area contributed by atoms with Crippen molar-refractivity contribution in [2.75, 3.05) is 0 Å². The van der Waals surface area contributed by atoms with Crippen LogP contribution in [-0.4, -0.2) is 5.91 Å². The molecule has 1 heterocycles. The molecule has 0 bridgehead atoms. The van der Waals surface area contributed by atoms with E-state index in [4.69, 9.17) is 4.42 Å². The van der Waals surface area contributed by atoms with Crippen molar-refractivity contribution in [2.45, 2.75) is 51.5 Å². The molecule has 122 valence electrons. The smallest absolute Gasteiger partial charge is 0.230 e. The van der Waals surface area contributed by atoms with Gasteiger partial charge in [0.1, 0.15) is 17.3 Å². The Hall–Kier alpha value is -2.10. The van der Waals surface area contributed by atoms with E-state index in [1.807, 2.05) is 26.0 Å². The molecule has 1 aromatic carbocycles. The molecule has 0 unspecified atom stereocenters. The number of furan rings is 1. The first kappa shape index (κ1) is 15.8. The van der Waals surface area contributed by atoms with Crippen LogP contribution in [0.4, 0.5) is 4.39 Å². The standard InChI is InChI=1S/C19H22FNO2/c1-13-10-15(14(2)23-13)12-21-18(22)19(8-3-4-9-19)16-6-5-7-17(20)11-16/h5-7,10-11H,3-4,8-9,12H2,1-2H3,(H,21,22). The second-order valence-electron chi connectivity index (χ2n) is 6.42. The lowest BCUT2D eigenvalue weighted by atomic mass is 9.78. The summed E-state index contributed by atoms with van der Waals surface area (Å²) in [7, 11) is 0. The molecule has 3 nitrogen and oxygen atoms in total. The lowest BCUT2D eigenvalue weighted by Crippen LogP contribution is -2.42. The van der Waals surface area contributed by atoms with Crippen molar-refractivity contribution in [1.82, 2.24) is 5.32 Å². The minimum Gasteiger partial charge on any atom is -0.466 e. The molecule has 1 N–H and O–H groups in total. The molecule has 23 heavy (non-hydrogen) atoms. The average Bonchev–Trinajstić information content (AvgIpc) is 3.12. The second kappa shape index (κ2) is 6.19. The fourth-order valence-electron chi connectivity index (χ4n) is 3.62. The van der Waals surface area contributed by atoms with E-state index >= 15 is 0 Å². The largest absolute Gasteiger partial charge is 0.466 e. The molecule has 1 fully saturated rings. The topological polar surface area (TPSA) is 42.2 Å². The van der Waals surface area contributed by atoms with Crippen LogP contribution in [0.3, 0.4) is 0 Å². The van der Waals surface area contributed by atoms with Crippen LogP contribution in [0.1, 0.15) is 48.3 Å². The van der Waals surface area contributed by atoms with Gasteiger partial charge in [-0.05, 0) is 50.5 Å². The predicted octanol–water partition coefficient (Wildman–Crippen LogP) is 4.16. The van der Waals surface area contributed by atoms with E-state index in [2.05, 4.69) is 5.32 Å². The van der Waals surface area contributed by atoms with Gasteiger partial charge in [0.05, 0.1) is 5.41 Å². The first-order valence-electron chi connectivity index (χ1n) is 8.11. The third-order valence-corrected chi connectivity index (χ3v) is 4.85. The van der Waals surface area contributed by atoms with Crippen molar-refractivity contribution < 1.29 is 13.6 Å². The van der Waals surface area contributed by atoms with Crippen LogP contribution in [0.2, 0.25) is 0 Å². The van der Waals surface area contributed by atoms with Gasteiger partial charge in [0.15, 0.2) is 0 Å². The summed E-state index contributed by atoms with van der Waals surface area (Å²) in [5.41, 5.74) is 1.17. The number of hydrogen-bond acceptors (Lipinski definition) is 2. The number of rotatable bonds is 4. The van der Waals surface area contributed by atoms with E-state index in [0.29, 0.717) is 6.54 Å². The zero-order valence-corrected chi connectivity index (χ0v) is 13.6. The van der Waals surface area contributed by atoms with Crippen LogP contribution < -0.4 is 5.32 Å². The van der Waals surface area contributed by atoms with Crippen LogP contribution >= 0.6 is 0 Å². The van der Waals surface area contributed by atoms with Gasteiger partial charge in [-0.3, -0.25) is 4.79 Å². The number of nitrogens with one attached hydrogen (secondary N) is 1. The molecule has 4 heteroatoms. The number of hydrogen-bond donors (Lipinski definition) is 1. The molecule has 0 atom stereocenters. The zero-order valence-electron chi connectivity index (χ0n) is 13.6. The maximum Gasteiger partial charge on any atom is 0.230 e. The van der Waals surface area contributed by atoms with Gasteiger partial charge >= 0.3 is 0 Å². The Kier molecular flexibility index (Phi) is 4.24. The van der Waals surface area contributed by atoms with Gasteiger partial charge in [0.2, 0.25) is 5.91 Å². The number of amides is 1. The highest BCUT2D eigenvalue weighted by atomic mass is 19.1. The van der Waals surface area contributed by atoms with Crippen LogP contribution in [0.15, 0.2) is 34.7 Å². The lowest BCUT2D eigenvalue weighted by Gasteiger charge is -2.28. The first-order chi connectivity index (χ1) is 11.0. The van der Waals surface area contributed by atoms with Crippen molar-refractivity contribution >= 4 is 5.91 Å². The van der Waals surface area contributed by atoms with Crippen LogP contribution in [0.25, 0.3) is 0 Å². The van der Waals surface area contributed by atoms with E-state index in [9.17, 15) is 9.18 Å². The molecule has 1 aromatic heterocycles. The minimum absolute atomic E-state index is 0.0150. The monoisotopic (exact) mass is 315 g/mol. The Bertz CT molecular complexity index is 714. The molecular weight excluding hydrogens is 293 g/mol. The van der Waals surface area contributed by atoms with E-state index in [0.717, 1.165) is 48.3 Å². The van der Waals surface area contributed by atoms with Crippen molar-refractivity contribution in [3.63, 3.8) is 0 Å². The predicted molar refractivity (Wildman–Crippen MR) is 86.6 cm³/mol. The van der Waals surface area contributed by atoms with Crippen LogP contribution in [-0.2, 0) is 16.8 Å². The van der Waals surface area contributed by atoms with Gasteiger partial charge in [-0.2, -0.15) is 0 Å². The van der Waals surface area contributed by atoms with E-state index < -0.39 is 5.41 Å². The lowest BCUT2D eigenvalue weighted by molar-refractivity contribution is -0.126. The molecule has 1 aliphatic carbocycles. The highest BCUT2D eigenvalue weighted by Gasteiger charge is 2.42. The van der Waals surface area contributed by atoms with Crippen molar-refractivity contribution in [3.8, 4) is 0 Å². The summed E-state index contributed by atoms with van der Waals surface area (Å²) < 4.78 is 19.1. The van der Waals surface area contributed by atoms with Gasteiger partial charge in [0, 0.05) is 12.1 Å². The quantitative estimate of drug-likeness (QED) is 0.920. The first-order valence-corrected chi connectivity index (χ1v) is 8.11. The number of carbonyl (C=O) groups is 1. The van der Waals surface area contributed by atoms with Gasteiger partial charge in [-0.25, -0.2) is 4.39 Å². The summed E-state index contributed by atoms with van der Waals surface area (Å²) in [5.74, 6) is 1.36. The molecular formula is C19H22FNO2. The number of carbonyl (C=O) groups excluding carboxylic acids is 1. The van der Waals surface area contributed by atoms with E-state index in [1.165, 1.54) is 12.1 Å². The fourth-order valence-corrected chi connectivity index (χ4v) is 3.62. The Morgan fingerprint density at radius 1 is 1.26 bits per heavy atom. The average molecular weight is 315 g/mol. The zero-order chi connectivity index (χ0) is 16.4. The number of aryl methyl sites for hydroxylation is 2. The maximum absolute atomic E-state index is 13.6. The van der Waals surface area contributed by atoms with Gasteiger partial charge in [-0.15, -0.1) is 0 Å². The highest BCUT2D eigenvalue weighted by molar-refractivity contribution is 5.88. The molecule has 0 saturated heterocycles. The summed E-state index contributed by atoms with van der Waals surface area (Å²) in [6.07, 6.45) is 3.53. The Morgan fingerprint density at radius 2 is 2.00 bits per heavy atom. The second-order valence-corrected chi connectivity index (χ2v) is 6.42. The summed E-state index contributed by atoms with van der Waals surface area (Å²) in [4.78, 5) is 12.9. The third kappa shape index (κ3) is 3.03. The SMILES string of the molecule is Cc1cc(CNC(=O)C2(c3cccc(F)c3)CCCC2)c(C)o1. The molecule has 1 aliphatic rings. The Labute approximate surface area is 135 Å². The van der Waals surface area contributed by atoms with E-state index in [1.54, 1.807) is 6.07 Å². The van der Waals surface area contributed by atoms with Crippen LogP contribution in [0.5, 0.6) is 0 Å². The molecule has 0 radical (unpaired) electrons. The van der Waals surface area contributed by atoms with Gasteiger partial charge < -0.3 is 9.73 Å². The van der Waals surface area contributed by atoms with Crippen molar-refractivity contribution in [1.29, 1.82) is 0 Å². The molecule has 1 saturated carbocycles. The molecule has 0 spiro atoms. The number of halogens is 1. The van der Waals surface area contributed by atoms with Gasteiger partial charge in [0.25, 0.3) is 0 Å². The molecule has 0 aliphatic heterocycles. The summed E-state index contributed by atoms with van der Waals surface area (Å²) in [5, 5.41) is 3.03. The molecule has 3 rings (SSSR count). The summed E-state index contributed by atoms with van der Waals surface area (Å²) in [6, 6.07) is 8.40. The van der Waals surface area contributed by atoms with E-state index in [-0.39, 0.29) is 11.7 Å². The Morgan fingerprint density at radius 3 is 2.61 bits per heavy atom. The molecule has 1 amide bonds. The van der Waals surface area contributed by atoms with Gasteiger partial charge in [-0.1, -0.05) is 25.0 Å². The fraction of sp³-hybridized carbons (Fsp3) is 0.421. The Balaban J connectivity index is 1.81. The number of benzene rings is 1. The maximum atomic E-state index is 13.6.